The molecule has 1 amide bonds. The molecule has 1 aromatic rings. The number of piperazine rings is 1. The quantitative estimate of drug-likeness (QED) is 0.886. The highest BCUT2D eigenvalue weighted by molar-refractivity contribution is 6.30. The van der Waals surface area contributed by atoms with Gasteiger partial charge in [0.2, 0.25) is 5.91 Å². The number of carbonyl (C=O) groups is 2. The summed E-state index contributed by atoms with van der Waals surface area (Å²) in [5.74, 6) is -2.21. The number of carboxylic acid groups (broad SMARTS) is 1. The molecule has 3 aliphatic rings. The normalized spacial score (nSPS) is 31.4. The molecule has 134 valence electrons. The largest absolute Gasteiger partial charge is 0.481 e. The average Bonchev–Trinajstić information content (AvgIpc) is 3.22. The van der Waals surface area contributed by atoms with Crippen molar-refractivity contribution in [3.8, 4) is 0 Å². The Morgan fingerprint density at radius 3 is 2.40 bits per heavy atom. The number of rotatable bonds is 3. The second-order valence-corrected chi connectivity index (χ2v) is 7.41. The van der Waals surface area contributed by atoms with Gasteiger partial charge in [0, 0.05) is 36.9 Å². The lowest BCUT2D eigenvalue weighted by atomic mass is 9.78. The number of hydrogen-bond donors (Lipinski definition) is 1. The fraction of sp³-hybridized carbons (Fsp3) is 0.556. The molecule has 6 nitrogen and oxygen atoms in total. The van der Waals surface area contributed by atoms with Gasteiger partial charge in [0.05, 0.1) is 24.0 Å². The molecule has 4 rings (SSSR count). The van der Waals surface area contributed by atoms with Crippen LogP contribution in [-0.2, 0) is 14.3 Å². The van der Waals surface area contributed by atoms with Gasteiger partial charge in [0.25, 0.3) is 0 Å². The maximum Gasteiger partial charge on any atom is 0.310 e. The zero-order valence-corrected chi connectivity index (χ0v) is 14.6. The van der Waals surface area contributed by atoms with E-state index in [4.69, 9.17) is 16.3 Å². The molecule has 25 heavy (non-hydrogen) atoms. The molecule has 0 aromatic heterocycles. The maximum atomic E-state index is 12.9. The molecule has 0 spiro atoms. The van der Waals surface area contributed by atoms with Crippen LogP contribution < -0.4 is 4.90 Å². The Labute approximate surface area is 151 Å². The Morgan fingerprint density at radius 2 is 1.76 bits per heavy atom. The lowest BCUT2D eigenvalue weighted by molar-refractivity contribution is -0.151. The van der Waals surface area contributed by atoms with Gasteiger partial charge in [-0.25, -0.2) is 0 Å². The third kappa shape index (κ3) is 2.98. The minimum absolute atomic E-state index is 0.0645. The van der Waals surface area contributed by atoms with Crippen molar-refractivity contribution in [1.82, 2.24) is 4.90 Å². The fourth-order valence-corrected chi connectivity index (χ4v) is 4.56. The van der Waals surface area contributed by atoms with E-state index in [9.17, 15) is 14.7 Å². The van der Waals surface area contributed by atoms with E-state index in [-0.39, 0.29) is 18.1 Å². The molecular formula is C18H21ClN2O4. The number of benzene rings is 1. The van der Waals surface area contributed by atoms with E-state index in [2.05, 4.69) is 4.90 Å². The van der Waals surface area contributed by atoms with Gasteiger partial charge in [0.15, 0.2) is 0 Å². The van der Waals surface area contributed by atoms with E-state index >= 15 is 0 Å². The van der Waals surface area contributed by atoms with Gasteiger partial charge in [0.1, 0.15) is 0 Å². The number of anilines is 1. The third-order valence-corrected chi connectivity index (χ3v) is 5.84. The average molecular weight is 365 g/mol. The maximum absolute atomic E-state index is 12.9. The summed E-state index contributed by atoms with van der Waals surface area (Å²) >= 11 is 6.05. The molecule has 4 atom stereocenters. The van der Waals surface area contributed by atoms with Gasteiger partial charge < -0.3 is 19.6 Å². The molecule has 3 fully saturated rings. The van der Waals surface area contributed by atoms with Crippen LogP contribution in [0, 0.1) is 11.8 Å². The van der Waals surface area contributed by atoms with E-state index in [0.717, 1.165) is 18.5 Å². The predicted molar refractivity (Wildman–Crippen MR) is 92.8 cm³/mol. The lowest BCUT2D eigenvalue weighted by Crippen LogP contribution is -2.53. The van der Waals surface area contributed by atoms with E-state index < -0.39 is 17.8 Å². The first-order valence-corrected chi connectivity index (χ1v) is 9.10. The fourth-order valence-electron chi connectivity index (χ4n) is 4.37. The molecule has 1 N–H and O–H groups in total. The van der Waals surface area contributed by atoms with Crippen molar-refractivity contribution in [2.45, 2.75) is 25.0 Å². The summed E-state index contributed by atoms with van der Waals surface area (Å²) in [5, 5.41) is 10.2. The Hall–Kier alpha value is -1.79. The number of fused-ring (bicyclic) bond motifs is 2. The monoisotopic (exact) mass is 364 g/mol. The van der Waals surface area contributed by atoms with E-state index in [0.29, 0.717) is 31.2 Å². The summed E-state index contributed by atoms with van der Waals surface area (Å²) in [4.78, 5) is 28.5. The van der Waals surface area contributed by atoms with Crippen LogP contribution in [0.15, 0.2) is 24.3 Å². The minimum atomic E-state index is -0.914. The standard InChI is InChI=1S/C18H21ClN2O4/c19-11-2-1-3-12(10-11)20-6-8-21(9-7-20)17(22)15-13-4-5-14(25-13)16(15)18(23)24/h1-3,10,13-16H,4-9H2,(H,23,24)/t13-,14-,15+,16+/m1/s1. The van der Waals surface area contributed by atoms with Crippen molar-refractivity contribution in [1.29, 1.82) is 0 Å². The summed E-state index contributed by atoms with van der Waals surface area (Å²) in [6.45, 7) is 2.61. The Bertz CT molecular complexity index is 689. The van der Waals surface area contributed by atoms with E-state index in [1.165, 1.54) is 0 Å². The van der Waals surface area contributed by atoms with Gasteiger partial charge in [-0.15, -0.1) is 0 Å². The number of amides is 1. The second kappa shape index (κ2) is 6.50. The molecule has 3 heterocycles. The van der Waals surface area contributed by atoms with Crippen LogP contribution in [0.3, 0.4) is 0 Å². The van der Waals surface area contributed by atoms with Gasteiger partial charge in [-0.2, -0.15) is 0 Å². The molecule has 3 aliphatic heterocycles. The molecule has 2 bridgehead atoms. The van der Waals surface area contributed by atoms with E-state index in [1.807, 2.05) is 24.3 Å². The van der Waals surface area contributed by atoms with Crippen molar-refractivity contribution in [2.24, 2.45) is 11.8 Å². The van der Waals surface area contributed by atoms with Gasteiger partial charge in [-0.3, -0.25) is 9.59 Å². The van der Waals surface area contributed by atoms with Crippen LogP contribution in [0.25, 0.3) is 0 Å². The van der Waals surface area contributed by atoms with Crippen LogP contribution in [0.1, 0.15) is 12.8 Å². The number of nitrogens with zero attached hydrogens (tertiary/aromatic N) is 2. The minimum Gasteiger partial charge on any atom is -0.481 e. The van der Waals surface area contributed by atoms with Crippen LogP contribution >= 0.6 is 11.6 Å². The molecule has 0 saturated carbocycles. The molecule has 0 radical (unpaired) electrons. The van der Waals surface area contributed by atoms with Gasteiger partial charge in [-0.1, -0.05) is 17.7 Å². The summed E-state index contributed by atoms with van der Waals surface area (Å²) in [6.07, 6.45) is 0.996. The molecule has 7 heteroatoms. The number of halogens is 1. The molecular weight excluding hydrogens is 344 g/mol. The predicted octanol–water partition coefficient (Wildman–Crippen LogP) is 1.87. The first kappa shape index (κ1) is 16.7. The highest BCUT2D eigenvalue weighted by atomic mass is 35.5. The Balaban J connectivity index is 1.42. The third-order valence-electron chi connectivity index (χ3n) is 5.61. The van der Waals surface area contributed by atoms with Crippen molar-refractivity contribution in [2.75, 3.05) is 31.1 Å². The molecule has 3 saturated heterocycles. The van der Waals surface area contributed by atoms with Gasteiger partial charge >= 0.3 is 5.97 Å². The van der Waals surface area contributed by atoms with Crippen molar-refractivity contribution < 1.29 is 19.4 Å². The second-order valence-electron chi connectivity index (χ2n) is 6.97. The summed E-state index contributed by atoms with van der Waals surface area (Å²) in [5.41, 5.74) is 1.05. The number of carbonyl (C=O) groups excluding carboxylic acids is 1. The number of hydrogen-bond acceptors (Lipinski definition) is 4. The van der Waals surface area contributed by atoms with Crippen LogP contribution in [0.2, 0.25) is 5.02 Å². The highest BCUT2D eigenvalue weighted by Gasteiger charge is 2.56. The highest BCUT2D eigenvalue weighted by Crippen LogP contribution is 2.44. The summed E-state index contributed by atoms with van der Waals surface area (Å²) in [6, 6.07) is 7.68. The first-order chi connectivity index (χ1) is 12.0. The smallest absolute Gasteiger partial charge is 0.310 e. The summed E-state index contributed by atoms with van der Waals surface area (Å²) in [7, 11) is 0. The molecule has 1 aromatic carbocycles. The van der Waals surface area contributed by atoms with Crippen molar-refractivity contribution >= 4 is 29.2 Å². The van der Waals surface area contributed by atoms with Crippen LogP contribution in [-0.4, -0.2) is 60.3 Å². The molecule has 0 aliphatic carbocycles. The van der Waals surface area contributed by atoms with Crippen LogP contribution in [0.4, 0.5) is 5.69 Å². The zero-order valence-electron chi connectivity index (χ0n) is 13.8. The Morgan fingerprint density at radius 1 is 1.08 bits per heavy atom. The van der Waals surface area contributed by atoms with Crippen LogP contribution in [0.5, 0.6) is 0 Å². The van der Waals surface area contributed by atoms with Crippen molar-refractivity contribution in [3.63, 3.8) is 0 Å². The van der Waals surface area contributed by atoms with E-state index in [1.54, 1.807) is 4.90 Å². The number of ether oxygens (including phenoxy) is 1. The number of carboxylic acids is 1. The number of aliphatic carboxylic acids is 1. The topological polar surface area (TPSA) is 70.1 Å². The lowest BCUT2D eigenvalue weighted by Gasteiger charge is -2.38. The van der Waals surface area contributed by atoms with Crippen molar-refractivity contribution in [3.05, 3.63) is 29.3 Å². The Kier molecular flexibility index (Phi) is 4.33. The molecule has 0 unspecified atom stereocenters. The van der Waals surface area contributed by atoms with Gasteiger partial charge in [-0.05, 0) is 31.0 Å². The SMILES string of the molecule is O=C(O)[C@@H]1[C@@H](C(=O)N2CCN(c3cccc(Cl)c3)CC2)[C@H]2CC[C@H]1O2. The summed E-state index contributed by atoms with van der Waals surface area (Å²) < 4.78 is 5.72. The first-order valence-electron chi connectivity index (χ1n) is 8.72. The zero-order chi connectivity index (χ0) is 17.6.